The lowest BCUT2D eigenvalue weighted by Gasteiger charge is -2.05. The van der Waals surface area contributed by atoms with Crippen LogP contribution < -0.4 is 0 Å². The van der Waals surface area contributed by atoms with E-state index in [1.165, 1.54) is 0 Å². The van der Waals surface area contributed by atoms with Crippen LogP contribution in [0.4, 0.5) is 0 Å². The molecule has 1 saturated heterocycles. The van der Waals surface area contributed by atoms with E-state index in [9.17, 15) is 0 Å². The van der Waals surface area contributed by atoms with E-state index < -0.39 is 0 Å². The van der Waals surface area contributed by atoms with Crippen molar-refractivity contribution in [2.24, 2.45) is 0 Å². The summed E-state index contributed by atoms with van der Waals surface area (Å²) in [6.07, 6.45) is 4.06. The topological polar surface area (TPSA) is 18.5 Å². The van der Waals surface area contributed by atoms with Crippen molar-refractivity contribution >= 4 is 21.7 Å². The maximum atomic E-state index is 7.95. The predicted octanol–water partition coefficient (Wildman–Crippen LogP) is 3.66. The van der Waals surface area contributed by atoms with Gasteiger partial charge < -0.3 is 9.47 Å². The Balaban J connectivity index is 1.98. The molecule has 2 aliphatic rings. The van der Waals surface area contributed by atoms with Gasteiger partial charge in [0.25, 0.3) is 0 Å². The molecular weight excluding hydrogens is 280 g/mol. The highest BCUT2D eigenvalue weighted by Gasteiger charge is 2.16. The molecule has 0 bridgehead atoms. The number of hydrogen-bond donors (Lipinski definition) is 0. The molecule has 3 heteroatoms. The first kappa shape index (κ1) is 9.68. The van der Waals surface area contributed by atoms with E-state index in [1.54, 1.807) is 0 Å². The maximum absolute atomic E-state index is 7.95. The Morgan fingerprint density at radius 1 is 1.06 bits per heavy atom. The Morgan fingerprint density at radius 2 is 1.82 bits per heavy atom. The van der Waals surface area contributed by atoms with Crippen LogP contribution in [0.2, 0.25) is 0 Å². The van der Waals surface area contributed by atoms with Crippen molar-refractivity contribution in [3.8, 4) is 0 Å². The summed E-state index contributed by atoms with van der Waals surface area (Å²) in [4.78, 5) is 0. The Kier molecular flexibility index (Phi) is 2.57. The van der Waals surface area contributed by atoms with E-state index in [0.717, 1.165) is 21.2 Å². The quantitative estimate of drug-likeness (QED) is 0.786. The Morgan fingerprint density at radius 3 is 2.65 bits per heavy atom. The average Bonchev–Trinajstić information content (AvgIpc) is 2.78. The van der Waals surface area contributed by atoms with Gasteiger partial charge in [-0.1, -0.05) is 34.1 Å². The molecule has 0 radical (unpaired) electrons. The van der Waals surface area contributed by atoms with Crippen LogP contribution in [0.25, 0.3) is 5.76 Å². The fourth-order valence-corrected chi connectivity index (χ4v) is 2.05. The van der Waals surface area contributed by atoms with Crippen molar-refractivity contribution < 1.29 is 10.8 Å². The van der Waals surface area contributed by atoms with Gasteiger partial charge in [-0.3, -0.25) is 0 Å². The normalized spacial score (nSPS) is 19.9. The van der Waals surface area contributed by atoms with Gasteiger partial charge in [-0.25, -0.2) is 0 Å². The highest BCUT2D eigenvalue weighted by molar-refractivity contribution is 9.10. The molecule has 2 aliphatic heterocycles. The van der Waals surface area contributed by atoms with Crippen LogP contribution in [0.1, 0.15) is 6.93 Å². The number of halogens is 1. The molecule has 86 valence electrons. The third-order valence-corrected chi connectivity index (χ3v) is 3.27. The Hall–Kier alpha value is -1.32. The van der Waals surface area contributed by atoms with E-state index in [-0.39, 0.29) is 6.24 Å². The third-order valence-electron chi connectivity index (χ3n) is 2.74. The van der Waals surface area contributed by atoms with E-state index in [1.807, 2.05) is 36.4 Å². The van der Waals surface area contributed by atoms with E-state index in [0.29, 0.717) is 19.0 Å². The van der Waals surface area contributed by atoms with E-state index in [2.05, 4.69) is 15.9 Å². The predicted molar refractivity (Wildman–Crippen MR) is 70.2 cm³/mol. The summed E-state index contributed by atoms with van der Waals surface area (Å²) in [5.74, 6) is 0.696. The second-order valence-corrected chi connectivity index (χ2v) is 4.82. The highest BCUT2D eigenvalue weighted by atomic mass is 79.9. The molecule has 1 aromatic rings. The van der Waals surface area contributed by atoms with Crippen molar-refractivity contribution in [2.75, 3.05) is 13.2 Å². The molecule has 0 aromatic heterocycles. The number of hydrogen-bond acceptors (Lipinski definition) is 2. The first-order chi connectivity index (χ1) is 8.74. The Labute approximate surface area is 110 Å². The van der Waals surface area contributed by atoms with E-state index in [4.69, 9.17) is 10.8 Å². The summed E-state index contributed by atoms with van der Waals surface area (Å²) in [5.41, 5.74) is 2.84. The molecule has 17 heavy (non-hydrogen) atoms. The molecule has 0 atom stereocenters. The molecule has 0 aliphatic carbocycles. The van der Waals surface area contributed by atoms with Crippen LogP contribution in [0.3, 0.4) is 0 Å². The number of fused-ring (bicyclic) bond motifs is 1. The highest BCUT2D eigenvalue weighted by Crippen LogP contribution is 2.27. The smallest absolute Gasteiger partial charge is 0.133 e. The minimum atomic E-state index is 0.186. The summed E-state index contributed by atoms with van der Waals surface area (Å²) >= 11 is 3.40. The monoisotopic (exact) mass is 291 g/mol. The molecule has 2 heterocycles. The zero-order valence-electron chi connectivity index (χ0n) is 10.1. The number of benzene rings is 1. The van der Waals surface area contributed by atoms with Crippen molar-refractivity contribution in [1.29, 1.82) is 0 Å². The van der Waals surface area contributed by atoms with Gasteiger partial charge in [0, 0.05) is 15.6 Å². The minimum absolute atomic E-state index is 0.186. The van der Waals surface area contributed by atoms with Crippen LogP contribution in [0.5, 0.6) is 0 Å². The van der Waals surface area contributed by atoms with Gasteiger partial charge in [0.1, 0.15) is 7.13 Å². The van der Waals surface area contributed by atoms with Crippen LogP contribution in [0.15, 0.2) is 58.3 Å². The second kappa shape index (κ2) is 4.51. The van der Waals surface area contributed by atoms with Crippen LogP contribution >= 0.6 is 15.9 Å². The van der Waals surface area contributed by atoms with Crippen molar-refractivity contribution in [3.63, 3.8) is 0 Å². The van der Waals surface area contributed by atoms with Gasteiger partial charge >= 0.3 is 0 Å². The molecule has 0 unspecified atom stereocenters. The van der Waals surface area contributed by atoms with Crippen LogP contribution in [-0.2, 0) is 9.47 Å². The molecular formula is C14H11BrO2. The van der Waals surface area contributed by atoms with Gasteiger partial charge in [0.05, 0.1) is 19.5 Å². The van der Waals surface area contributed by atoms with Crippen molar-refractivity contribution in [1.82, 2.24) is 0 Å². The number of ether oxygens (including phenoxy) is 2. The molecule has 0 N–H and O–H groups in total. The second-order valence-electron chi connectivity index (χ2n) is 3.91. The van der Waals surface area contributed by atoms with Gasteiger partial charge in [-0.15, -0.1) is 0 Å². The summed E-state index contributed by atoms with van der Waals surface area (Å²) in [5, 5.41) is 0. The average molecular weight is 292 g/mol. The molecule has 0 saturated carbocycles. The van der Waals surface area contributed by atoms with Gasteiger partial charge in [-0.05, 0) is 23.8 Å². The largest absolute Gasteiger partial charge is 0.464 e. The maximum Gasteiger partial charge on any atom is 0.133 e. The first-order valence-electron chi connectivity index (χ1n) is 5.86. The van der Waals surface area contributed by atoms with Crippen molar-refractivity contribution in [2.45, 2.75) is 0 Å². The summed E-state index contributed by atoms with van der Waals surface area (Å²) in [7, 11) is 0. The minimum Gasteiger partial charge on any atom is -0.464 e. The molecule has 1 aromatic carbocycles. The first-order valence-corrected chi connectivity index (χ1v) is 6.16. The van der Waals surface area contributed by atoms with Crippen LogP contribution in [0, 0.1) is 0 Å². The zero-order chi connectivity index (χ0) is 12.5. The molecule has 3 rings (SSSR count). The number of allylic oxidation sites excluding steroid dienone is 2. The summed E-state index contributed by atoms with van der Waals surface area (Å²) in [6, 6.07) is 7.84. The summed E-state index contributed by atoms with van der Waals surface area (Å²) in [6.45, 7) is 1.03. The third kappa shape index (κ3) is 2.21. The van der Waals surface area contributed by atoms with Crippen molar-refractivity contribution in [3.05, 3.63) is 63.8 Å². The lowest BCUT2D eigenvalue weighted by Crippen LogP contribution is -1.87. The fourth-order valence-electron chi connectivity index (χ4n) is 1.78. The molecule has 2 nitrogen and oxygen atoms in total. The van der Waals surface area contributed by atoms with Gasteiger partial charge in [0.2, 0.25) is 0 Å². The lowest BCUT2D eigenvalue weighted by atomic mass is 10.1. The van der Waals surface area contributed by atoms with Crippen LogP contribution in [-0.4, -0.2) is 13.2 Å². The van der Waals surface area contributed by atoms with Gasteiger partial charge in [-0.2, -0.15) is 0 Å². The lowest BCUT2D eigenvalue weighted by molar-refractivity contribution is 0.213. The fraction of sp³-hybridized carbons (Fsp3) is 0.143. The number of rotatable bonds is 1. The van der Waals surface area contributed by atoms with E-state index >= 15 is 0 Å². The molecule has 0 amide bonds. The molecule has 0 spiro atoms. The van der Waals surface area contributed by atoms with Gasteiger partial charge in [0.15, 0.2) is 0 Å². The summed E-state index contributed by atoms with van der Waals surface area (Å²) < 4.78 is 19.9. The zero-order valence-corrected chi connectivity index (χ0v) is 10.7. The Bertz CT molecular complexity index is 570. The SMILES string of the molecule is [2H]C1=C2COCC2=CC=C(c2ccc(Br)cc2)O1. The molecule has 1 fully saturated rings. The standard InChI is InChI=1S/C14H11BrO2/c15-13-4-1-10(2-5-13)14-6-3-11-7-16-8-12(11)9-17-14/h1-6,9H,7-8H2/i9D.